The Morgan fingerprint density at radius 1 is 0.680 bits per heavy atom. The molecule has 25 heavy (non-hydrogen) atoms. The molecule has 0 radical (unpaired) electrons. The summed E-state index contributed by atoms with van der Waals surface area (Å²) in [6, 6.07) is 8.24. The van der Waals surface area contributed by atoms with Crippen LogP contribution in [0.25, 0.3) is 0 Å². The normalized spacial score (nSPS) is 22.9. The van der Waals surface area contributed by atoms with Crippen LogP contribution in [0.1, 0.15) is 0 Å². The Morgan fingerprint density at radius 2 is 1.12 bits per heavy atom. The van der Waals surface area contributed by atoms with Gasteiger partial charge in [0.1, 0.15) is 0 Å². The smallest absolute Gasteiger partial charge is 0.282 e. The van der Waals surface area contributed by atoms with E-state index in [2.05, 4.69) is 4.90 Å². The zero-order chi connectivity index (χ0) is 18.1. The molecule has 0 aliphatic carbocycles. The molecule has 0 N–H and O–H groups in total. The molecule has 0 unspecified atom stereocenters. The summed E-state index contributed by atoms with van der Waals surface area (Å²) in [6.45, 7) is 3.07. The lowest BCUT2D eigenvalue weighted by molar-refractivity contribution is 0.201. The summed E-state index contributed by atoms with van der Waals surface area (Å²) in [5, 5.41) is 0. The van der Waals surface area contributed by atoms with Crippen molar-refractivity contribution in [2.24, 2.45) is 0 Å². The molecule has 2 heterocycles. The third-order valence-electron chi connectivity index (χ3n) is 4.69. The van der Waals surface area contributed by atoms with Crippen LogP contribution in [0, 0.1) is 0 Å². The van der Waals surface area contributed by atoms with Crippen LogP contribution in [0.5, 0.6) is 0 Å². The van der Waals surface area contributed by atoms with Gasteiger partial charge in [-0.1, -0.05) is 18.2 Å². The van der Waals surface area contributed by atoms with Crippen LogP contribution < -0.4 is 0 Å². The molecule has 0 aromatic heterocycles. The number of benzene rings is 1. The largest absolute Gasteiger partial charge is 0.304 e. The third-order valence-corrected chi connectivity index (χ3v) is 8.64. The van der Waals surface area contributed by atoms with Gasteiger partial charge in [0, 0.05) is 52.4 Å². The predicted octanol–water partition coefficient (Wildman–Crippen LogP) is -0.515. The highest BCUT2D eigenvalue weighted by atomic mass is 32.2. The van der Waals surface area contributed by atoms with E-state index in [4.69, 9.17) is 0 Å². The minimum atomic E-state index is -3.57. The topological polar surface area (TPSA) is 81.2 Å². The highest BCUT2D eigenvalue weighted by Gasteiger charge is 2.36. The maximum absolute atomic E-state index is 12.7. The fourth-order valence-electron chi connectivity index (χ4n) is 3.06. The lowest BCUT2D eigenvalue weighted by atomic mass is 10.4. The van der Waals surface area contributed by atoms with Crippen LogP contribution in [0.15, 0.2) is 35.2 Å². The van der Waals surface area contributed by atoms with Crippen LogP contribution >= 0.6 is 0 Å². The molecule has 0 bridgehead atoms. The van der Waals surface area contributed by atoms with Crippen molar-refractivity contribution < 1.29 is 16.8 Å². The molecular weight excluding hydrogens is 364 g/mol. The Balaban J connectivity index is 1.66. The molecule has 2 aliphatic heterocycles. The first-order valence-corrected chi connectivity index (χ1v) is 11.1. The van der Waals surface area contributed by atoms with Gasteiger partial charge in [-0.25, -0.2) is 8.42 Å². The minimum Gasteiger partial charge on any atom is -0.304 e. The first-order chi connectivity index (χ1) is 11.8. The third kappa shape index (κ3) is 3.88. The van der Waals surface area contributed by atoms with Crippen molar-refractivity contribution in [3.63, 3.8) is 0 Å². The van der Waals surface area contributed by atoms with E-state index < -0.39 is 20.2 Å². The number of nitrogens with zero attached hydrogens (tertiary/aromatic N) is 4. The fraction of sp³-hybridized carbons (Fsp3) is 0.600. The van der Waals surface area contributed by atoms with E-state index in [1.54, 1.807) is 30.3 Å². The second-order valence-electron chi connectivity index (χ2n) is 6.33. The van der Waals surface area contributed by atoms with Crippen molar-refractivity contribution in [1.29, 1.82) is 0 Å². The van der Waals surface area contributed by atoms with Crippen molar-refractivity contribution >= 4 is 20.2 Å². The standard InChI is InChI=1S/C15H24N4O4S2/c1-16-7-9-18(10-8-16)25(22,23)19-13-11-17(12-14-19)24(20,21)15-5-3-2-4-6-15/h2-6H,7-14H2,1H3. The van der Waals surface area contributed by atoms with E-state index in [9.17, 15) is 16.8 Å². The Bertz CT molecular complexity index is 782. The first-order valence-electron chi connectivity index (χ1n) is 8.31. The van der Waals surface area contributed by atoms with E-state index in [1.165, 1.54) is 12.9 Å². The molecule has 140 valence electrons. The summed E-state index contributed by atoms with van der Waals surface area (Å²) < 4.78 is 55.0. The van der Waals surface area contributed by atoms with Crippen LogP contribution in [-0.2, 0) is 20.2 Å². The number of likely N-dealkylation sites (N-methyl/N-ethyl adjacent to an activating group) is 1. The summed E-state index contributed by atoms with van der Waals surface area (Å²) in [4.78, 5) is 2.33. The average Bonchev–Trinajstić information content (AvgIpc) is 2.63. The second kappa shape index (κ2) is 7.29. The van der Waals surface area contributed by atoms with E-state index in [0.717, 1.165) is 0 Å². The molecule has 10 heteroatoms. The predicted molar refractivity (Wildman–Crippen MR) is 94.8 cm³/mol. The van der Waals surface area contributed by atoms with E-state index in [-0.39, 0.29) is 31.1 Å². The Hall–Kier alpha value is -1.04. The molecule has 0 amide bonds. The number of rotatable bonds is 4. The van der Waals surface area contributed by atoms with Gasteiger partial charge < -0.3 is 4.90 Å². The van der Waals surface area contributed by atoms with E-state index in [0.29, 0.717) is 26.2 Å². The van der Waals surface area contributed by atoms with Gasteiger partial charge in [0.05, 0.1) is 4.90 Å². The summed E-state index contributed by atoms with van der Waals surface area (Å²) in [5.41, 5.74) is 0. The van der Waals surface area contributed by atoms with Gasteiger partial charge in [0.15, 0.2) is 0 Å². The van der Waals surface area contributed by atoms with Crippen LogP contribution in [0.2, 0.25) is 0 Å². The Kier molecular flexibility index (Phi) is 5.47. The average molecular weight is 389 g/mol. The zero-order valence-corrected chi connectivity index (χ0v) is 15.9. The Morgan fingerprint density at radius 3 is 1.64 bits per heavy atom. The number of sulfonamides is 1. The Labute approximate surface area is 149 Å². The molecular formula is C15H24N4O4S2. The number of hydrogen-bond acceptors (Lipinski definition) is 5. The highest BCUT2D eigenvalue weighted by Crippen LogP contribution is 2.20. The van der Waals surface area contributed by atoms with E-state index >= 15 is 0 Å². The molecule has 2 saturated heterocycles. The maximum Gasteiger partial charge on any atom is 0.282 e. The number of hydrogen-bond donors (Lipinski definition) is 0. The monoisotopic (exact) mass is 388 g/mol. The first kappa shape index (κ1) is 18.7. The molecule has 2 fully saturated rings. The van der Waals surface area contributed by atoms with Crippen molar-refractivity contribution in [2.75, 3.05) is 59.4 Å². The van der Waals surface area contributed by atoms with Gasteiger partial charge in [0.25, 0.3) is 10.2 Å². The lowest BCUT2D eigenvalue weighted by Gasteiger charge is -2.38. The summed E-state index contributed by atoms with van der Waals surface area (Å²) in [5.74, 6) is 0. The van der Waals surface area contributed by atoms with Crippen LogP contribution in [-0.4, -0.2) is 94.1 Å². The van der Waals surface area contributed by atoms with Gasteiger partial charge >= 0.3 is 0 Å². The quantitative estimate of drug-likeness (QED) is 0.694. The maximum atomic E-state index is 12.7. The van der Waals surface area contributed by atoms with Crippen molar-refractivity contribution in [2.45, 2.75) is 4.90 Å². The highest BCUT2D eigenvalue weighted by molar-refractivity contribution is 7.89. The van der Waals surface area contributed by atoms with Crippen LogP contribution in [0.3, 0.4) is 0 Å². The fourth-order valence-corrected chi connectivity index (χ4v) is 6.08. The lowest BCUT2D eigenvalue weighted by Crippen LogP contribution is -2.57. The molecule has 0 atom stereocenters. The molecule has 1 aromatic carbocycles. The summed E-state index contributed by atoms with van der Waals surface area (Å²) in [6.07, 6.45) is 0. The SMILES string of the molecule is CN1CCN(S(=O)(=O)N2CCN(S(=O)(=O)c3ccccc3)CC2)CC1. The second-order valence-corrected chi connectivity index (χ2v) is 10.2. The van der Waals surface area contributed by atoms with Gasteiger partial charge in [0.2, 0.25) is 10.0 Å². The van der Waals surface area contributed by atoms with Crippen LogP contribution in [0.4, 0.5) is 0 Å². The molecule has 2 aliphatic rings. The van der Waals surface area contributed by atoms with Crippen molar-refractivity contribution in [3.05, 3.63) is 30.3 Å². The van der Waals surface area contributed by atoms with Gasteiger partial charge in [-0.05, 0) is 19.2 Å². The van der Waals surface area contributed by atoms with Gasteiger partial charge in [-0.15, -0.1) is 0 Å². The zero-order valence-electron chi connectivity index (χ0n) is 14.3. The van der Waals surface area contributed by atoms with E-state index in [1.807, 2.05) is 7.05 Å². The van der Waals surface area contributed by atoms with Gasteiger partial charge in [-0.2, -0.15) is 21.3 Å². The van der Waals surface area contributed by atoms with Crippen molar-refractivity contribution in [3.8, 4) is 0 Å². The van der Waals surface area contributed by atoms with Gasteiger partial charge in [-0.3, -0.25) is 0 Å². The molecule has 0 saturated carbocycles. The molecule has 0 spiro atoms. The summed E-state index contributed by atoms with van der Waals surface area (Å²) in [7, 11) is -5.13. The molecule has 1 aromatic rings. The molecule has 3 rings (SSSR count). The minimum absolute atomic E-state index is 0.171. The molecule has 8 nitrogen and oxygen atoms in total. The number of piperazine rings is 2. The summed E-state index contributed by atoms with van der Waals surface area (Å²) >= 11 is 0. The van der Waals surface area contributed by atoms with Crippen molar-refractivity contribution in [1.82, 2.24) is 17.8 Å².